The van der Waals surface area contributed by atoms with E-state index in [0.717, 1.165) is 24.1 Å². The van der Waals surface area contributed by atoms with E-state index in [1.807, 2.05) is 12.1 Å². The zero-order valence-corrected chi connectivity index (χ0v) is 11.1. The molecule has 0 radical (unpaired) electrons. The number of hydrogen-bond donors (Lipinski definition) is 3. The minimum Gasteiger partial charge on any atom is -0.352 e. The molecule has 0 saturated heterocycles. The van der Waals surface area contributed by atoms with Gasteiger partial charge in [-0.15, -0.1) is 0 Å². The number of hydrogen-bond acceptors (Lipinski definition) is 3. The van der Waals surface area contributed by atoms with Crippen LogP contribution < -0.4 is 16.6 Å². The first-order valence-corrected chi connectivity index (χ1v) is 7.13. The highest BCUT2D eigenvalue weighted by Gasteiger charge is 2.41. The Bertz CT molecular complexity index is 437. The molecule has 4 heteroatoms. The summed E-state index contributed by atoms with van der Waals surface area (Å²) in [6.45, 7) is 0.838. The summed E-state index contributed by atoms with van der Waals surface area (Å²) in [6, 6.07) is 7.23. The molecular formula is C15H21N3O. The number of nitrogens with one attached hydrogen (secondary N) is 2. The van der Waals surface area contributed by atoms with Crippen molar-refractivity contribution in [2.45, 2.75) is 25.7 Å². The molecule has 2 aliphatic carbocycles. The zero-order chi connectivity index (χ0) is 13.2. The molecule has 4 nitrogen and oxygen atoms in total. The van der Waals surface area contributed by atoms with Gasteiger partial charge in [-0.05, 0) is 67.7 Å². The fourth-order valence-electron chi connectivity index (χ4n) is 2.80. The molecule has 2 aliphatic rings. The molecule has 3 rings (SSSR count). The summed E-state index contributed by atoms with van der Waals surface area (Å²) in [7, 11) is 0. The van der Waals surface area contributed by atoms with Gasteiger partial charge in [0.05, 0.1) is 0 Å². The SMILES string of the molecule is NNc1ccc(C(=O)NCC(C2CC2)C2CC2)cc1. The van der Waals surface area contributed by atoms with Gasteiger partial charge in [-0.3, -0.25) is 10.6 Å². The molecule has 2 saturated carbocycles. The van der Waals surface area contributed by atoms with Gasteiger partial charge >= 0.3 is 0 Å². The van der Waals surface area contributed by atoms with E-state index < -0.39 is 0 Å². The Kier molecular flexibility index (Phi) is 3.42. The summed E-state index contributed by atoms with van der Waals surface area (Å²) >= 11 is 0. The van der Waals surface area contributed by atoms with E-state index in [2.05, 4.69) is 10.7 Å². The minimum absolute atomic E-state index is 0.0230. The number of amides is 1. The third-order valence-electron chi connectivity index (χ3n) is 4.27. The molecule has 0 aliphatic heterocycles. The van der Waals surface area contributed by atoms with Crippen molar-refractivity contribution >= 4 is 11.6 Å². The maximum atomic E-state index is 12.1. The maximum Gasteiger partial charge on any atom is 0.251 e. The zero-order valence-electron chi connectivity index (χ0n) is 11.1. The largest absolute Gasteiger partial charge is 0.352 e. The van der Waals surface area contributed by atoms with Gasteiger partial charge in [0, 0.05) is 17.8 Å². The highest BCUT2D eigenvalue weighted by molar-refractivity contribution is 5.94. The van der Waals surface area contributed by atoms with E-state index in [1.165, 1.54) is 25.7 Å². The monoisotopic (exact) mass is 259 g/mol. The molecule has 1 aromatic carbocycles. The standard InChI is InChI=1S/C15H21N3O/c16-18-13-7-5-12(6-8-13)15(19)17-9-14(10-1-2-10)11-3-4-11/h5-8,10-11,14,18H,1-4,9,16H2,(H,17,19). The lowest BCUT2D eigenvalue weighted by molar-refractivity contribution is 0.0943. The molecule has 0 bridgehead atoms. The quantitative estimate of drug-likeness (QED) is 0.541. The predicted molar refractivity (Wildman–Crippen MR) is 75.5 cm³/mol. The Morgan fingerprint density at radius 1 is 1.16 bits per heavy atom. The fourth-order valence-corrected chi connectivity index (χ4v) is 2.80. The molecule has 0 atom stereocenters. The van der Waals surface area contributed by atoms with Crippen molar-refractivity contribution in [3.05, 3.63) is 29.8 Å². The molecule has 2 fully saturated rings. The van der Waals surface area contributed by atoms with Gasteiger partial charge in [0.25, 0.3) is 5.91 Å². The number of carbonyl (C=O) groups excluding carboxylic acids is 1. The van der Waals surface area contributed by atoms with Crippen LogP contribution in [0.3, 0.4) is 0 Å². The number of carbonyl (C=O) groups is 1. The molecule has 1 aromatic rings. The third-order valence-corrected chi connectivity index (χ3v) is 4.27. The second-order valence-corrected chi connectivity index (χ2v) is 5.77. The van der Waals surface area contributed by atoms with Crippen LogP contribution in [0.5, 0.6) is 0 Å². The molecule has 1 amide bonds. The van der Waals surface area contributed by atoms with E-state index in [4.69, 9.17) is 5.84 Å². The van der Waals surface area contributed by atoms with E-state index in [0.29, 0.717) is 11.5 Å². The van der Waals surface area contributed by atoms with Gasteiger partial charge in [-0.25, -0.2) is 0 Å². The second kappa shape index (κ2) is 5.21. The molecule has 0 spiro atoms. The molecule has 0 aromatic heterocycles. The van der Waals surface area contributed by atoms with Crippen molar-refractivity contribution in [3.8, 4) is 0 Å². The Hall–Kier alpha value is -1.55. The van der Waals surface area contributed by atoms with E-state index in [9.17, 15) is 4.79 Å². The highest BCUT2D eigenvalue weighted by Crippen LogP contribution is 2.48. The smallest absolute Gasteiger partial charge is 0.251 e. The lowest BCUT2D eigenvalue weighted by atomic mass is 9.98. The first-order chi connectivity index (χ1) is 9.28. The number of nitrogens with two attached hydrogens (primary N) is 1. The van der Waals surface area contributed by atoms with E-state index in [1.54, 1.807) is 12.1 Å². The van der Waals surface area contributed by atoms with Crippen LogP contribution in [0.4, 0.5) is 5.69 Å². The number of hydrazine groups is 1. The van der Waals surface area contributed by atoms with E-state index >= 15 is 0 Å². The number of rotatable bonds is 6. The topological polar surface area (TPSA) is 67.1 Å². The number of nitrogen functional groups attached to an aromatic ring is 1. The average Bonchev–Trinajstić information content (AvgIpc) is 3.31. The summed E-state index contributed by atoms with van der Waals surface area (Å²) in [5.74, 6) is 7.79. The van der Waals surface area contributed by atoms with Crippen LogP contribution in [0.25, 0.3) is 0 Å². The van der Waals surface area contributed by atoms with Crippen LogP contribution in [-0.2, 0) is 0 Å². The highest BCUT2D eigenvalue weighted by atomic mass is 16.1. The van der Waals surface area contributed by atoms with Gasteiger partial charge in [0.2, 0.25) is 0 Å². The van der Waals surface area contributed by atoms with Crippen molar-refractivity contribution in [1.82, 2.24) is 5.32 Å². The van der Waals surface area contributed by atoms with Gasteiger partial charge < -0.3 is 10.7 Å². The summed E-state index contributed by atoms with van der Waals surface area (Å²) in [6.07, 6.45) is 5.42. The summed E-state index contributed by atoms with van der Waals surface area (Å²) in [5.41, 5.74) is 4.07. The molecule has 0 heterocycles. The van der Waals surface area contributed by atoms with Crippen LogP contribution in [-0.4, -0.2) is 12.5 Å². The van der Waals surface area contributed by atoms with Crippen LogP contribution in [0, 0.1) is 17.8 Å². The normalized spacial score (nSPS) is 18.4. The molecular weight excluding hydrogens is 238 g/mol. The van der Waals surface area contributed by atoms with Crippen LogP contribution >= 0.6 is 0 Å². The lowest BCUT2D eigenvalue weighted by Gasteiger charge is -2.16. The summed E-state index contributed by atoms with van der Waals surface area (Å²) in [5, 5.41) is 3.09. The van der Waals surface area contributed by atoms with Crippen molar-refractivity contribution < 1.29 is 4.79 Å². The molecule has 4 N–H and O–H groups in total. The average molecular weight is 259 g/mol. The first-order valence-electron chi connectivity index (χ1n) is 7.13. The van der Waals surface area contributed by atoms with Gasteiger partial charge in [-0.1, -0.05) is 0 Å². The van der Waals surface area contributed by atoms with Crippen molar-refractivity contribution in [2.75, 3.05) is 12.0 Å². The van der Waals surface area contributed by atoms with Gasteiger partial charge in [0.15, 0.2) is 0 Å². The van der Waals surface area contributed by atoms with Gasteiger partial charge in [-0.2, -0.15) is 0 Å². The molecule has 102 valence electrons. The fraction of sp³-hybridized carbons (Fsp3) is 0.533. The minimum atomic E-state index is 0.0230. The summed E-state index contributed by atoms with van der Waals surface area (Å²) < 4.78 is 0. The Labute approximate surface area is 113 Å². The third kappa shape index (κ3) is 3.07. The van der Waals surface area contributed by atoms with Crippen LogP contribution in [0.15, 0.2) is 24.3 Å². The number of anilines is 1. The molecule has 0 unspecified atom stereocenters. The van der Waals surface area contributed by atoms with Gasteiger partial charge in [0.1, 0.15) is 0 Å². The van der Waals surface area contributed by atoms with Crippen LogP contribution in [0.1, 0.15) is 36.0 Å². The lowest BCUT2D eigenvalue weighted by Crippen LogP contribution is -2.31. The second-order valence-electron chi connectivity index (χ2n) is 5.77. The summed E-state index contributed by atoms with van der Waals surface area (Å²) in [4.78, 5) is 12.1. The van der Waals surface area contributed by atoms with Crippen molar-refractivity contribution in [1.29, 1.82) is 0 Å². The Morgan fingerprint density at radius 2 is 1.74 bits per heavy atom. The van der Waals surface area contributed by atoms with E-state index in [-0.39, 0.29) is 5.91 Å². The first kappa shape index (κ1) is 12.5. The van der Waals surface area contributed by atoms with Crippen molar-refractivity contribution in [3.63, 3.8) is 0 Å². The Balaban J connectivity index is 1.54. The van der Waals surface area contributed by atoms with Crippen LogP contribution in [0.2, 0.25) is 0 Å². The molecule has 19 heavy (non-hydrogen) atoms. The predicted octanol–water partition coefficient (Wildman–Crippen LogP) is 2.14. The number of benzene rings is 1. The maximum absolute atomic E-state index is 12.1. The van der Waals surface area contributed by atoms with Crippen molar-refractivity contribution in [2.24, 2.45) is 23.6 Å². The Morgan fingerprint density at radius 3 is 2.21 bits per heavy atom.